The highest BCUT2D eigenvalue weighted by Gasteiger charge is 2.37. The SMILES string of the molecule is CCOc1ccc(N2C[C@H](C(=O)N3CCc4ccccc4C3)CC2=O)cc1. The van der Waals surface area contributed by atoms with Crippen molar-refractivity contribution < 1.29 is 14.3 Å². The first-order valence-corrected chi connectivity index (χ1v) is 9.54. The van der Waals surface area contributed by atoms with Crippen LogP contribution in [-0.2, 0) is 22.6 Å². The van der Waals surface area contributed by atoms with Crippen LogP contribution in [-0.4, -0.2) is 36.4 Å². The molecule has 4 rings (SSSR count). The van der Waals surface area contributed by atoms with Crippen molar-refractivity contribution in [2.75, 3.05) is 24.6 Å². The minimum Gasteiger partial charge on any atom is -0.494 e. The lowest BCUT2D eigenvalue weighted by molar-refractivity contribution is -0.136. The Hall–Kier alpha value is -2.82. The molecule has 5 heteroatoms. The smallest absolute Gasteiger partial charge is 0.228 e. The van der Waals surface area contributed by atoms with Crippen molar-refractivity contribution in [3.05, 3.63) is 59.7 Å². The lowest BCUT2D eigenvalue weighted by Crippen LogP contribution is -2.40. The van der Waals surface area contributed by atoms with Crippen molar-refractivity contribution in [3.63, 3.8) is 0 Å². The van der Waals surface area contributed by atoms with Gasteiger partial charge in [0, 0.05) is 31.7 Å². The van der Waals surface area contributed by atoms with E-state index in [2.05, 4.69) is 12.1 Å². The molecule has 2 aliphatic heterocycles. The first kappa shape index (κ1) is 17.6. The number of hydrogen-bond acceptors (Lipinski definition) is 3. The fourth-order valence-electron chi connectivity index (χ4n) is 3.95. The topological polar surface area (TPSA) is 49.9 Å². The van der Waals surface area contributed by atoms with E-state index in [1.807, 2.05) is 48.2 Å². The second-order valence-corrected chi connectivity index (χ2v) is 7.11. The fraction of sp³-hybridized carbons (Fsp3) is 0.364. The monoisotopic (exact) mass is 364 g/mol. The molecular weight excluding hydrogens is 340 g/mol. The van der Waals surface area contributed by atoms with E-state index >= 15 is 0 Å². The summed E-state index contributed by atoms with van der Waals surface area (Å²) in [6.45, 7) is 4.36. The average molecular weight is 364 g/mol. The minimum atomic E-state index is -0.269. The van der Waals surface area contributed by atoms with Crippen LogP contribution in [0.3, 0.4) is 0 Å². The highest BCUT2D eigenvalue weighted by molar-refractivity contribution is 6.00. The number of hydrogen-bond donors (Lipinski definition) is 0. The molecule has 0 unspecified atom stereocenters. The van der Waals surface area contributed by atoms with Crippen LogP contribution in [0.5, 0.6) is 5.75 Å². The van der Waals surface area contributed by atoms with Crippen LogP contribution >= 0.6 is 0 Å². The summed E-state index contributed by atoms with van der Waals surface area (Å²) in [6, 6.07) is 15.8. The van der Waals surface area contributed by atoms with Gasteiger partial charge in [-0.2, -0.15) is 0 Å². The second kappa shape index (κ2) is 7.43. The molecule has 140 valence electrons. The molecule has 0 aromatic heterocycles. The minimum absolute atomic E-state index is 0.00918. The standard InChI is InChI=1S/C22H24N2O3/c1-2-27-20-9-7-19(8-10-20)24-15-18(13-21(24)25)22(26)23-12-11-16-5-3-4-6-17(16)14-23/h3-10,18H,2,11-15H2,1H3/t18-/m1/s1. The molecule has 0 N–H and O–H groups in total. The van der Waals surface area contributed by atoms with Crippen LogP contribution < -0.4 is 9.64 Å². The molecule has 0 aliphatic carbocycles. The van der Waals surface area contributed by atoms with Gasteiger partial charge >= 0.3 is 0 Å². The third kappa shape index (κ3) is 3.54. The Labute approximate surface area is 159 Å². The lowest BCUT2D eigenvalue weighted by Gasteiger charge is -2.30. The Morgan fingerprint density at radius 1 is 1.11 bits per heavy atom. The lowest BCUT2D eigenvalue weighted by atomic mass is 9.98. The van der Waals surface area contributed by atoms with E-state index in [9.17, 15) is 9.59 Å². The van der Waals surface area contributed by atoms with E-state index in [-0.39, 0.29) is 24.2 Å². The molecule has 2 aliphatic rings. The maximum Gasteiger partial charge on any atom is 0.228 e. The fourth-order valence-corrected chi connectivity index (χ4v) is 3.95. The van der Waals surface area contributed by atoms with E-state index in [4.69, 9.17) is 4.74 Å². The van der Waals surface area contributed by atoms with Gasteiger partial charge in [-0.05, 0) is 48.7 Å². The number of rotatable bonds is 4. The number of anilines is 1. The highest BCUT2D eigenvalue weighted by Crippen LogP contribution is 2.29. The first-order chi connectivity index (χ1) is 13.2. The summed E-state index contributed by atoms with van der Waals surface area (Å²) in [5, 5.41) is 0. The van der Waals surface area contributed by atoms with E-state index < -0.39 is 0 Å². The molecule has 1 saturated heterocycles. The Balaban J connectivity index is 1.43. The molecule has 2 amide bonds. The number of ether oxygens (including phenoxy) is 1. The number of fused-ring (bicyclic) bond motifs is 1. The molecule has 0 saturated carbocycles. The molecule has 2 heterocycles. The number of carbonyl (C=O) groups excluding carboxylic acids is 2. The Bertz CT molecular complexity index is 847. The van der Waals surface area contributed by atoms with Gasteiger partial charge in [0.15, 0.2) is 0 Å². The molecule has 0 radical (unpaired) electrons. The Morgan fingerprint density at radius 3 is 2.59 bits per heavy atom. The summed E-state index contributed by atoms with van der Waals surface area (Å²) in [5.41, 5.74) is 3.35. The zero-order valence-corrected chi connectivity index (χ0v) is 15.6. The summed E-state index contributed by atoms with van der Waals surface area (Å²) in [6.07, 6.45) is 1.16. The van der Waals surface area contributed by atoms with Gasteiger partial charge in [-0.25, -0.2) is 0 Å². The number of nitrogens with zero attached hydrogens (tertiary/aromatic N) is 2. The third-order valence-electron chi connectivity index (χ3n) is 5.38. The molecular formula is C22H24N2O3. The van der Waals surface area contributed by atoms with Crippen LogP contribution in [0.25, 0.3) is 0 Å². The molecule has 2 aromatic rings. The van der Waals surface area contributed by atoms with Crippen molar-refractivity contribution in [2.24, 2.45) is 5.92 Å². The van der Waals surface area contributed by atoms with E-state index in [1.54, 1.807) is 4.90 Å². The Kier molecular flexibility index (Phi) is 4.84. The quantitative estimate of drug-likeness (QED) is 0.838. The van der Waals surface area contributed by atoms with Crippen molar-refractivity contribution in [1.29, 1.82) is 0 Å². The maximum atomic E-state index is 13.0. The predicted molar refractivity (Wildman–Crippen MR) is 104 cm³/mol. The van der Waals surface area contributed by atoms with Gasteiger partial charge < -0.3 is 14.5 Å². The van der Waals surface area contributed by atoms with Crippen LogP contribution in [0.2, 0.25) is 0 Å². The molecule has 2 aromatic carbocycles. The van der Waals surface area contributed by atoms with Gasteiger partial charge in [0.25, 0.3) is 0 Å². The molecule has 27 heavy (non-hydrogen) atoms. The van der Waals surface area contributed by atoms with Crippen LogP contribution in [0.4, 0.5) is 5.69 Å². The third-order valence-corrected chi connectivity index (χ3v) is 5.38. The van der Waals surface area contributed by atoms with Gasteiger partial charge in [-0.3, -0.25) is 9.59 Å². The predicted octanol–water partition coefficient (Wildman–Crippen LogP) is 3.02. The largest absolute Gasteiger partial charge is 0.494 e. The van der Waals surface area contributed by atoms with E-state index in [0.29, 0.717) is 19.7 Å². The molecule has 5 nitrogen and oxygen atoms in total. The average Bonchev–Trinajstić information content (AvgIpc) is 3.09. The van der Waals surface area contributed by atoms with Crippen molar-refractivity contribution in [3.8, 4) is 5.75 Å². The van der Waals surface area contributed by atoms with Crippen molar-refractivity contribution in [2.45, 2.75) is 26.3 Å². The van der Waals surface area contributed by atoms with Crippen LogP contribution in [0.15, 0.2) is 48.5 Å². The molecule has 0 bridgehead atoms. The summed E-state index contributed by atoms with van der Waals surface area (Å²) in [7, 11) is 0. The highest BCUT2D eigenvalue weighted by atomic mass is 16.5. The normalized spacial score (nSPS) is 19.1. The van der Waals surface area contributed by atoms with E-state index in [1.165, 1.54) is 11.1 Å². The van der Waals surface area contributed by atoms with E-state index in [0.717, 1.165) is 24.4 Å². The summed E-state index contributed by atoms with van der Waals surface area (Å²) < 4.78 is 5.45. The zero-order chi connectivity index (χ0) is 18.8. The van der Waals surface area contributed by atoms with Gasteiger partial charge in [0.2, 0.25) is 11.8 Å². The first-order valence-electron chi connectivity index (χ1n) is 9.54. The van der Waals surface area contributed by atoms with Crippen molar-refractivity contribution >= 4 is 17.5 Å². The molecule has 0 spiro atoms. The van der Waals surface area contributed by atoms with Crippen LogP contribution in [0, 0.1) is 5.92 Å². The number of carbonyl (C=O) groups is 2. The Morgan fingerprint density at radius 2 is 1.85 bits per heavy atom. The molecule has 1 fully saturated rings. The van der Waals surface area contributed by atoms with Gasteiger partial charge in [-0.1, -0.05) is 24.3 Å². The van der Waals surface area contributed by atoms with Crippen molar-refractivity contribution in [1.82, 2.24) is 4.90 Å². The second-order valence-electron chi connectivity index (χ2n) is 7.11. The zero-order valence-electron chi connectivity index (χ0n) is 15.6. The summed E-state index contributed by atoms with van der Waals surface area (Å²) in [4.78, 5) is 29.1. The summed E-state index contributed by atoms with van der Waals surface area (Å²) >= 11 is 0. The van der Waals surface area contributed by atoms with Crippen LogP contribution in [0.1, 0.15) is 24.5 Å². The molecule has 1 atom stereocenters. The van der Waals surface area contributed by atoms with Gasteiger partial charge in [0.1, 0.15) is 5.75 Å². The summed E-state index contributed by atoms with van der Waals surface area (Å²) in [5.74, 6) is 0.614. The van der Waals surface area contributed by atoms with Gasteiger partial charge in [0.05, 0.1) is 12.5 Å². The number of amides is 2. The maximum absolute atomic E-state index is 13.0. The number of benzene rings is 2. The van der Waals surface area contributed by atoms with Gasteiger partial charge in [-0.15, -0.1) is 0 Å².